The molecule has 3 aromatic rings. The molecule has 0 aliphatic carbocycles. The fraction of sp³-hybridized carbons (Fsp3) is 0.211. The lowest BCUT2D eigenvalue weighted by Crippen LogP contribution is -2.38. The summed E-state index contributed by atoms with van der Waals surface area (Å²) in [7, 11) is -3.88. The number of nitrogens with two attached hydrogens (primary N) is 1. The van der Waals surface area contributed by atoms with Gasteiger partial charge in [0.15, 0.2) is 6.61 Å². The van der Waals surface area contributed by atoms with Crippen LogP contribution in [0, 0.1) is 0 Å². The van der Waals surface area contributed by atoms with Crippen molar-refractivity contribution in [2.24, 2.45) is 5.73 Å². The highest BCUT2D eigenvalue weighted by Gasteiger charge is 2.30. The minimum absolute atomic E-state index is 0.0145. The Hall–Kier alpha value is -2.88. The molecule has 2 aromatic carbocycles. The molecule has 0 saturated heterocycles. The van der Waals surface area contributed by atoms with E-state index in [0.29, 0.717) is 11.3 Å². The Balaban J connectivity index is 1.70. The Morgan fingerprint density at radius 1 is 1.21 bits per heavy atom. The number of furan rings is 1. The molecule has 0 bridgehead atoms. The number of rotatable bonds is 8. The van der Waals surface area contributed by atoms with Gasteiger partial charge in [0.05, 0.1) is 4.90 Å². The Morgan fingerprint density at radius 2 is 1.89 bits per heavy atom. The Labute approximate surface area is 162 Å². The fourth-order valence-electron chi connectivity index (χ4n) is 2.52. The van der Waals surface area contributed by atoms with Crippen LogP contribution in [0.1, 0.15) is 12.7 Å². The molecule has 0 radical (unpaired) electrons. The number of carbonyl (C=O) groups is 1. The molecule has 1 heterocycles. The summed E-state index contributed by atoms with van der Waals surface area (Å²) in [5, 5.41) is 11.5. The molecule has 148 valence electrons. The third-order valence-corrected chi connectivity index (χ3v) is 5.50. The second-order valence-corrected chi connectivity index (χ2v) is 8.24. The van der Waals surface area contributed by atoms with Gasteiger partial charge in [-0.05, 0) is 43.3 Å². The lowest BCUT2D eigenvalue weighted by Gasteiger charge is -2.21. The van der Waals surface area contributed by atoms with E-state index in [9.17, 15) is 18.3 Å². The zero-order valence-corrected chi connectivity index (χ0v) is 15.9. The zero-order valence-electron chi connectivity index (χ0n) is 15.1. The van der Waals surface area contributed by atoms with Crippen LogP contribution in [0.25, 0.3) is 11.0 Å². The first-order chi connectivity index (χ1) is 13.2. The van der Waals surface area contributed by atoms with E-state index in [1.54, 1.807) is 12.1 Å². The van der Waals surface area contributed by atoms with Crippen molar-refractivity contribution in [3.63, 3.8) is 0 Å². The Morgan fingerprint density at radius 3 is 2.54 bits per heavy atom. The summed E-state index contributed by atoms with van der Waals surface area (Å²) in [6, 6.07) is 14.4. The van der Waals surface area contributed by atoms with Crippen LogP contribution in [-0.4, -0.2) is 32.6 Å². The largest absolute Gasteiger partial charge is 0.484 e. The van der Waals surface area contributed by atoms with Gasteiger partial charge < -0.3 is 20.0 Å². The molecule has 4 N–H and O–H groups in total. The van der Waals surface area contributed by atoms with Crippen molar-refractivity contribution in [2.45, 2.75) is 17.4 Å². The molecule has 0 saturated carbocycles. The number of nitrogens with one attached hydrogen (secondary N) is 1. The van der Waals surface area contributed by atoms with E-state index in [-0.39, 0.29) is 23.8 Å². The van der Waals surface area contributed by atoms with E-state index in [1.165, 1.54) is 31.2 Å². The third-order valence-electron chi connectivity index (χ3n) is 4.08. The molecule has 1 aromatic heterocycles. The number of benzene rings is 2. The normalized spacial score (nSPS) is 13.9. The van der Waals surface area contributed by atoms with Gasteiger partial charge in [0.25, 0.3) is 5.91 Å². The van der Waals surface area contributed by atoms with Gasteiger partial charge >= 0.3 is 0 Å². The molecule has 0 aliphatic heterocycles. The number of amides is 1. The average molecular weight is 404 g/mol. The summed E-state index contributed by atoms with van der Waals surface area (Å²) in [6.07, 6.45) is 0. The highest BCUT2D eigenvalue weighted by Crippen LogP contribution is 2.28. The van der Waals surface area contributed by atoms with Gasteiger partial charge in [-0.3, -0.25) is 4.79 Å². The van der Waals surface area contributed by atoms with E-state index in [2.05, 4.69) is 4.72 Å². The number of carbonyl (C=O) groups excluding carboxylic acids is 1. The highest BCUT2D eigenvalue weighted by atomic mass is 32.2. The number of para-hydroxylation sites is 1. The van der Waals surface area contributed by atoms with Gasteiger partial charge in [0.1, 0.15) is 22.7 Å². The van der Waals surface area contributed by atoms with Gasteiger partial charge in [0.2, 0.25) is 10.0 Å². The van der Waals surface area contributed by atoms with Crippen molar-refractivity contribution in [2.75, 3.05) is 13.2 Å². The minimum Gasteiger partial charge on any atom is -0.484 e. The van der Waals surface area contributed by atoms with E-state index >= 15 is 0 Å². The molecule has 0 fully saturated rings. The number of aliphatic hydroxyl groups is 1. The number of primary amides is 1. The lowest BCUT2D eigenvalue weighted by atomic mass is 10.0. The molecule has 1 atom stereocenters. The molecule has 0 spiro atoms. The summed E-state index contributed by atoms with van der Waals surface area (Å²) < 4.78 is 38.1. The van der Waals surface area contributed by atoms with Gasteiger partial charge in [-0.25, -0.2) is 13.1 Å². The second kappa shape index (κ2) is 7.63. The number of sulfonamides is 1. The Bertz CT molecular complexity index is 1050. The molecule has 1 amide bonds. The maximum atomic E-state index is 12.5. The van der Waals surface area contributed by atoms with E-state index in [0.717, 1.165) is 5.39 Å². The number of fused-ring (bicyclic) bond motifs is 1. The fourth-order valence-corrected chi connectivity index (χ4v) is 3.65. The Kier molecular flexibility index (Phi) is 5.41. The van der Waals surface area contributed by atoms with E-state index < -0.39 is 21.5 Å². The van der Waals surface area contributed by atoms with Crippen molar-refractivity contribution in [1.82, 2.24) is 4.72 Å². The molecule has 28 heavy (non-hydrogen) atoms. The highest BCUT2D eigenvalue weighted by molar-refractivity contribution is 7.89. The average Bonchev–Trinajstić information content (AvgIpc) is 3.10. The van der Waals surface area contributed by atoms with Crippen LogP contribution in [0.4, 0.5) is 0 Å². The molecule has 9 heteroatoms. The van der Waals surface area contributed by atoms with Crippen molar-refractivity contribution < 1.29 is 27.5 Å². The van der Waals surface area contributed by atoms with Gasteiger partial charge in [-0.2, -0.15) is 0 Å². The zero-order chi connectivity index (χ0) is 20.4. The summed E-state index contributed by atoms with van der Waals surface area (Å²) >= 11 is 0. The van der Waals surface area contributed by atoms with Crippen LogP contribution in [0.5, 0.6) is 5.75 Å². The van der Waals surface area contributed by atoms with Gasteiger partial charge in [0, 0.05) is 11.9 Å². The van der Waals surface area contributed by atoms with Crippen molar-refractivity contribution in [1.29, 1.82) is 0 Å². The van der Waals surface area contributed by atoms with Crippen molar-refractivity contribution in [3.05, 3.63) is 60.4 Å². The summed E-state index contributed by atoms with van der Waals surface area (Å²) in [5.74, 6) is -0.0650. The second-order valence-electron chi connectivity index (χ2n) is 6.47. The van der Waals surface area contributed by atoms with Crippen LogP contribution in [0.15, 0.2) is 63.9 Å². The lowest BCUT2D eigenvalue weighted by molar-refractivity contribution is -0.119. The van der Waals surface area contributed by atoms with E-state index in [4.69, 9.17) is 14.9 Å². The third kappa shape index (κ3) is 4.50. The summed E-state index contributed by atoms with van der Waals surface area (Å²) in [5.41, 5.74) is 4.05. The number of hydrogen-bond acceptors (Lipinski definition) is 6. The van der Waals surface area contributed by atoms with Crippen LogP contribution in [-0.2, 0) is 20.4 Å². The molecular formula is C19H20N2O6S. The number of ether oxygens (including phenoxy) is 1. The smallest absolute Gasteiger partial charge is 0.255 e. The van der Waals surface area contributed by atoms with Crippen LogP contribution >= 0.6 is 0 Å². The quantitative estimate of drug-likeness (QED) is 0.521. The SMILES string of the molecule is C[C@](O)(CNS(=O)(=O)c1ccc(OCC(N)=O)cc1)c1cc2ccccc2o1. The molecule has 0 aliphatic rings. The molecular weight excluding hydrogens is 384 g/mol. The molecule has 3 rings (SSSR count). The van der Waals surface area contributed by atoms with Crippen LogP contribution < -0.4 is 15.2 Å². The van der Waals surface area contributed by atoms with Gasteiger partial charge in [-0.1, -0.05) is 18.2 Å². The van der Waals surface area contributed by atoms with Crippen LogP contribution in [0.3, 0.4) is 0 Å². The van der Waals surface area contributed by atoms with Gasteiger partial charge in [-0.15, -0.1) is 0 Å². The maximum absolute atomic E-state index is 12.5. The maximum Gasteiger partial charge on any atom is 0.255 e. The summed E-state index contributed by atoms with van der Waals surface area (Å²) in [4.78, 5) is 10.7. The van der Waals surface area contributed by atoms with Crippen molar-refractivity contribution in [3.8, 4) is 5.75 Å². The molecule has 0 unspecified atom stereocenters. The first-order valence-electron chi connectivity index (χ1n) is 8.40. The minimum atomic E-state index is -3.88. The van der Waals surface area contributed by atoms with E-state index in [1.807, 2.05) is 18.2 Å². The predicted molar refractivity (Wildman–Crippen MR) is 102 cm³/mol. The topological polar surface area (TPSA) is 132 Å². The standard InChI is InChI=1S/C19H20N2O6S/c1-19(23,17-10-13-4-2-3-5-16(13)27-17)12-21-28(24,25)15-8-6-14(7-9-15)26-11-18(20)22/h2-10,21,23H,11-12H2,1H3,(H2,20,22)/t19-/m0/s1. The molecule has 8 nitrogen and oxygen atoms in total. The van der Waals surface area contributed by atoms with Crippen molar-refractivity contribution >= 4 is 26.9 Å². The number of hydrogen-bond donors (Lipinski definition) is 3. The van der Waals surface area contributed by atoms with Crippen LogP contribution in [0.2, 0.25) is 0 Å². The first kappa shape index (κ1) is 19.9. The monoisotopic (exact) mass is 404 g/mol. The summed E-state index contributed by atoms with van der Waals surface area (Å²) in [6.45, 7) is 0.883. The first-order valence-corrected chi connectivity index (χ1v) is 9.88. The predicted octanol–water partition coefficient (Wildman–Crippen LogP) is 1.48.